The molecule has 1 aliphatic carbocycles. The summed E-state index contributed by atoms with van der Waals surface area (Å²) in [4.78, 5) is 65.9. The van der Waals surface area contributed by atoms with Crippen molar-refractivity contribution in [1.82, 2.24) is 4.90 Å². The molecule has 3 amide bonds. The van der Waals surface area contributed by atoms with E-state index in [1.165, 1.54) is 11.3 Å². The number of aryl methyl sites for hydroxylation is 3. The van der Waals surface area contributed by atoms with E-state index in [-0.39, 0.29) is 48.6 Å². The Bertz CT molecular complexity index is 1950. The summed E-state index contributed by atoms with van der Waals surface area (Å²) in [5, 5.41) is 24.8. The predicted octanol–water partition coefficient (Wildman–Crippen LogP) is 8.78. The van der Waals surface area contributed by atoms with Crippen molar-refractivity contribution in [2.75, 3.05) is 10.6 Å². The van der Waals surface area contributed by atoms with Gasteiger partial charge in [-0.1, -0.05) is 50.2 Å². The van der Waals surface area contributed by atoms with Gasteiger partial charge in [-0.05, 0) is 123 Å². The predicted molar refractivity (Wildman–Crippen MR) is 212 cm³/mol. The van der Waals surface area contributed by atoms with E-state index < -0.39 is 11.9 Å². The number of aromatic carboxylic acids is 1. The van der Waals surface area contributed by atoms with Crippen LogP contribution < -0.4 is 10.6 Å². The molecule has 1 heterocycles. The topological polar surface area (TPSA) is 153 Å². The molecule has 3 aromatic carbocycles. The molecule has 0 saturated carbocycles. The summed E-state index contributed by atoms with van der Waals surface area (Å²) >= 11 is 1.46. The highest BCUT2D eigenvalue weighted by molar-refractivity contribution is 7.17. The molecule has 0 radical (unpaired) electrons. The first-order valence-electron chi connectivity index (χ1n) is 18.8. The van der Waals surface area contributed by atoms with Gasteiger partial charge in [0.05, 0.1) is 11.1 Å². The van der Waals surface area contributed by atoms with Crippen LogP contribution in [-0.2, 0) is 41.8 Å². The maximum absolute atomic E-state index is 13.9. The van der Waals surface area contributed by atoms with Crippen LogP contribution in [0.15, 0.2) is 72.8 Å². The summed E-state index contributed by atoms with van der Waals surface area (Å²) in [6, 6.07) is 21.9. The summed E-state index contributed by atoms with van der Waals surface area (Å²) in [5.74, 6) is -2.57. The minimum absolute atomic E-state index is 0.00800. The first-order chi connectivity index (χ1) is 26.1. The minimum Gasteiger partial charge on any atom is -0.481 e. The Morgan fingerprint density at radius 1 is 0.741 bits per heavy atom. The molecule has 1 aliphatic rings. The van der Waals surface area contributed by atoms with E-state index in [4.69, 9.17) is 10.2 Å². The van der Waals surface area contributed by atoms with Gasteiger partial charge in [0.2, 0.25) is 5.91 Å². The summed E-state index contributed by atoms with van der Waals surface area (Å²) in [6.45, 7) is 4.35. The van der Waals surface area contributed by atoms with Crippen LogP contribution in [0.5, 0.6) is 0 Å². The van der Waals surface area contributed by atoms with Crippen molar-refractivity contribution in [1.29, 1.82) is 0 Å². The highest BCUT2D eigenvalue weighted by atomic mass is 32.1. The van der Waals surface area contributed by atoms with Gasteiger partial charge in [0.1, 0.15) is 5.00 Å². The van der Waals surface area contributed by atoms with Crippen molar-refractivity contribution in [2.24, 2.45) is 0 Å². The standard InChI is InChI=1S/C43H49N3O7S/c1-3-34(4-2)46(37(47)16-9-17-38(48)49)27-30-12-8-13-32(26-30)40(50)45-42-39(35-14-5-6-15-36(35)54-42)41(51)44-33-24-20-29(21-25-33)11-7-10-28-18-22-31(23-19-28)43(52)53/h8,12-13,18-26,34H,3-7,9-11,14-17,27H2,1-2H3,(H,44,51)(H,45,50)(H,48,49)(H,52,53). The van der Waals surface area contributed by atoms with E-state index in [0.717, 1.165) is 84.9 Å². The van der Waals surface area contributed by atoms with Crippen LogP contribution in [-0.4, -0.2) is 50.8 Å². The lowest BCUT2D eigenvalue weighted by Crippen LogP contribution is -2.39. The lowest BCUT2D eigenvalue weighted by Gasteiger charge is -2.31. The average molecular weight is 752 g/mol. The molecule has 0 saturated heterocycles. The molecule has 4 N–H and O–H groups in total. The van der Waals surface area contributed by atoms with Gasteiger partial charge in [0.15, 0.2) is 0 Å². The van der Waals surface area contributed by atoms with Crippen LogP contribution in [0.1, 0.15) is 123 Å². The van der Waals surface area contributed by atoms with Gasteiger partial charge in [-0.25, -0.2) is 4.79 Å². The van der Waals surface area contributed by atoms with Gasteiger partial charge in [-0.3, -0.25) is 19.2 Å². The maximum atomic E-state index is 13.9. The Balaban J connectivity index is 1.25. The Morgan fingerprint density at radius 2 is 1.41 bits per heavy atom. The minimum atomic E-state index is -0.935. The van der Waals surface area contributed by atoms with Crippen LogP contribution in [0.3, 0.4) is 0 Å². The van der Waals surface area contributed by atoms with Gasteiger partial charge in [0.25, 0.3) is 11.8 Å². The zero-order chi connectivity index (χ0) is 38.6. The zero-order valence-electron chi connectivity index (χ0n) is 31.0. The monoisotopic (exact) mass is 751 g/mol. The Labute approximate surface area is 320 Å². The number of hydrogen-bond donors (Lipinski definition) is 4. The molecule has 0 atom stereocenters. The molecule has 284 valence electrons. The van der Waals surface area contributed by atoms with Gasteiger partial charge < -0.3 is 25.7 Å². The molecule has 54 heavy (non-hydrogen) atoms. The van der Waals surface area contributed by atoms with Crippen molar-refractivity contribution in [3.63, 3.8) is 0 Å². The maximum Gasteiger partial charge on any atom is 0.335 e. The number of thiophene rings is 1. The van der Waals surface area contributed by atoms with E-state index in [2.05, 4.69) is 10.6 Å². The number of aliphatic carboxylic acids is 1. The summed E-state index contributed by atoms with van der Waals surface area (Å²) in [5.41, 5.74) is 5.85. The molecule has 4 aromatic rings. The third-order valence-electron chi connectivity index (χ3n) is 10.00. The lowest BCUT2D eigenvalue weighted by molar-refractivity contribution is -0.137. The highest BCUT2D eigenvalue weighted by Crippen LogP contribution is 2.39. The number of nitrogens with zero attached hydrogens (tertiary/aromatic N) is 1. The second kappa shape index (κ2) is 19.2. The Morgan fingerprint density at radius 3 is 2.06 bits per heavy atom. The number of hydrogen-bond acceptors (Lipinski definition) is 6. The largest absolute Gasteiger partial charge is 0.481 e. The van der Waals surface area contributed by atoms with Crippen LogP contribution in [0.2, 0.25) is 0 Å². The molecular weight excluding hydrogens is 703 g/mol. The molecule has 0 fully saturated rings. The molecule has 11 heteroatoms. The van der Waals surface area contributed by atoms with Gasteiger partial charge >= 0.3 is 11.9 Å². The number of benzene rings is 3. The van der Waals surface area contributed by atoms with Crippen molar-refractivity contribution in [3.8, 4) is 0 Å². The molecule has 0 unspecified atom stereocenters. The number of amides is 3. The van der Waals surface area contributed by atoms with Crippen LogP contribution in [0.25, 0.3) is 0 Å². The number of fused-ring (bicyclic) bond motifs is 1. The van der Waals surface area contributed by atoms with E-state index in [1.807, 2.05) is 56.3 Å². The average Bonchev–Trinajstić information content (AvgIpc) is 3.53. The van der Waals surface area contributed by atoms with Gasteiger partial charge in [-0.2, -0.15) is 0 Å². The highest BCUT2D eigenvalue weighted by Gasteiger charge is 2.27. The molecule has 1 aromatic heterocycles. The van der Waals surface area contributed by atoms with E-state index >= 15 is 0 Å². The first kappa shape index (κ1) is 39.9. The molecular formula is C43H49N3O7S. The fourth-order valence-corrected chi connectivity index (χ4v) is 8.30. The van der Waals surface area contributed by atoms with Crippen LogP contribution in [0, 0.1) is 0 Å². The first-order valence-corrected chi connectivity index (χ1v) is 19.7. The van der Waals surface area contributed by atoms with Crippen molar-refractivity contribution in [2.45, 2.75) is 103 Å². The number of rotatable bonds is 18. The van der Waals surface area contributed by atoms with Crippen molar-refractivity contribution < 1.29 is 34.2 Å². The second-order valence-corrected chi connectivity index (χ2v) is 14.9. The van der Waals surface area contributed by atoms with Gasteiger partial charge in [0, 0.05) is 41.6 Å². The van der Waals surface area contributed by atoms with Crippen LogP contribution in [0.4, 0.5) is 10.7 Å². The third-order valence-corrected chi connectivity index (χ3v) is 11.2. The Kier molecular flexibility index (Phi) is 14.2. The SMILES string of the molecule is CCC(CC)N(Cc1cccc(C(=O)Nc2sc3c(c2C(=O)Nc2ccc(CCCc4ccc(C(=O)O)cc4)cc2)CCCC3)c1)C(=O)CCCC(=O)O. The van der Waals surface area contributed by atoms with Crippen LogP contribution >= 0.6 is 11.3 Å². The molecule has 0 spiro atoms. The number of carbonyl (C=O) groups is 5. The number of anilines is 2. The van der Waals surface area contributed by atoms with Crippen molar-refractivity contribution >= 4 is 51.7 Å². The van der Waals surface area contributed by atoms with E-state index in [1.54, 1.807) is 35.2 Å². The fourth-order valence-electron chi connectivity index (χ4n) is 7.02. The Hall–Kier alpha value is -5.29. The number of carboxylic acids is 2. The number of carbonyl (C=O) groups excluding carboxylic acids is 3. The third kappa shape index (κ3) is 10.7. The molecule has 0 bridgehead atoms. The van der Waals surface area contributed by atoms with E-state index in [9.17, 15) is 24.0 Å². The normalized spacial score (nSPS) is 12.2. The molecule has 10 nitrogen and oxygen atoms in total. The fraction of sp³-hybridized carbons (Fsp3) is 0.372. The quantitative estimate of drug-likeness (QED) is 0.0793. The van der Waals surface area contributed by atoms with E-state index in [0.29, 0.717) is 28.4 Å². The summed E-state index contributed by atoms with van der Waals surface area (Å²) < 4.78 is 0. The lowest BCUT2D eigenvalue weighted by atomic mass is 9.95. The molecule has 0 aliphatic heterocycles. The number of nitrogens with one attached hydrogen (secondary N) is 2. The summed E-state index contributed by atoms with van der Waals surface area (Å²) in [6.07, 6.45) is 8.06. The van der Waals surface area contributed by atoms with Gasteiger partial charge in [-0.15, -0.1) is 11.3 Å². The smallest absolute Gasteiger partial charge is 0.335 e. The molecule has 5 rings (SSSR count). The summed E-state index contributed by atoms with van der Waals surface area (Å²) in [7, 11) is 0. The van der Waals surface area contributed by atoms with Crippen molar-refractivity contribution in [3.05, 3.63) is 117 Å². The second-order valence-electron chi connectivity index (χ2n) is 13.8. The number of carboxylic acid groups (broad SMARTS) is 2. The zero-order valence-corrected chi connectivity index (χ0v) is 31.8.